The van der Waals surface area contributed by atoms with Crippen molar-refractivity contribution in [3.63, 3.8) is 0 Å². The minimum absolute atomic E-state index is 0.0368. The largest absolute Gasteiger partial charge is 0.451 e. The average molecular weight is 591 g/mol. The molecule has 8 heteroatoms. The molecule has 1 unspecified atom stereocenters. The van der Waals surface area contributed by atoms with Crippen molar-refractivity contribution in [2.75, 3.05) is 34.7 Å². The van der Waals surface area contributed by atoms with Gasteiger partial charge >= 0.3 is 5.97 Å². The maximum Gasteiger partial charge on any atom is 0.335 e. The molecule has 1 saturated heterocycles. The summed E-state index contributed by atoms with van der Waals surface area (Å²) < 4.78 is 29.6. The van der Waals surface area contributed by atoms with Crippen LogP contribution in [0.3, 0.4) is 0 Å². The monoisotopic (exact) mass is 590 g/mol. The maximum absolute atomic E-state index is 11.7. The number of ketones is 1. The summed E-state index contributed by atoms with van der Waals surface area (Å²) in [5.74, 6) is -0.364. The number of Topliss-reactive ketones (excluding diaryl/α,β-unsaturated/α-hetero) is 1. The van der Waals surface area contributed by atoms with Gasteiger partial charge in [0.15, 0.2) is 5.78 Å². The summed E-state index contributed by atoms with van der Waals surface area (Å²) in [6.45, 7) is 13.7. The van der Waals surface area contributed by atoms with Crippen LogP contribution >= 0.6 is 9.24 Å². The molecule has 3 rings (SSSR count). The first kappa shape index (κ1) is 42.8. The zero-order valence-electron chi connectivity index (χ0n) is 26.6. The highest BCUT2D eigenvalue weighted by Crippen LogP contribution is 2.40. The summed E-state index contributed by atoms with van der Waals surface area (Å²) in [5, 5.41) is 8.30. The third kappa shape index (κ3) is 15.9. The fourth-order valence-electron chi connectivity index (χ4n) is 4.79. The van der Waals surface area contributed by atoms with Crippen LogP contribution in [0.1, 0.15) is 104 Å². The molecule has 5 nitrogen and oxygen atoms in total. The summed E-state index contributed by atoms with van der Waals surface area (Å²) in [4.78, 5) is 23.3. The summed E-state index contributed by atoms with van der Waals surface area (Å²) in [6.07, 6.45) is 10.8. The number of aryl methyl sites for hydroxylation is 2. The van der Waals surface area contributed by atoms with Crippen molar-refractivity contribution >= 4 is 26.3 Å². The Morgan fingerprint density at radius 3 is 1.80 bits per heavy atom. The molecule has 1 fully saturated rings. The number of aliphatic hydroxyl groups is 1. The van der Waals surface area contributed by atoms with Gasteiger partial charge in [-0.1, -0.05) is 65.2 Å². The van der Waals surface area contributed by atoms with Crippen LogP contribution in [0.25, 0.3) is 0 Å². The molecule has 1 N–H and O–H groups in total. The second kappa shape index (κ2) is 27.5. The molecule has 2 heterocycles. The fourth-order valence-corrected chi connectivity index (χ4v) is 5.09. The number of benzene rings is 1. The SMILES string of the molecule is C1CCOCC1.CCCC1(CCC)OC(=O)C(C)=C1C(C)=O.CCCc1ccc(P)cc1CC.CF.CF.CO. The number of carbonyl (C=O) groups is 2. The zero-order valence-corrected chi connectivity index (χ0v) is 27.8. The molecule has 1 aromatic carbocycles. The van der Waals surface area contributed by atoms with Crippen LogP contribution in [-0.2, 0) is 31.9 Å². The number of carbonyl (C=O) groups excluding carboxylic acids is 2. The van der Waals surface area contributed by atoms with Crippen LogP contribution in [0.5, 0.6) is 0 Å². The van der Waals surface area contributed by atoms with Gasteiger partial charge in [0.25, 0.3) is 0 Å². The van der Waals surface area contributed by atoms with E-state index in [4.69, 9.17) is 14.6 Å². The zero-order chi connectivity index (χ0) is 31.6. The van der Waals surface area contributed by atoms with Gasteiger partial charge in [-0.2, -0.15) is 0 Å². The van der Waals surface area contributed by atoms with Crippen LogP contribution in [-0.4, -0.2) is 57.1 Å². The predicted molar refractivity (Wildman–Crippen MR) is 168 cm³/mol. The molecule has 0 radical (unpaired) electrons. The fraction of sp³-hybridized carbons (Fsp3) is 0.688. The number of hydrogen-bond acceptors (Lipinski definition) is 5. The molecular weight excluding hydrogens is 533 g/mol. The van der Waals surface area contributed by atoms with Crippen molar-refractivity contribution in [3.05, 3.63) is 40.5 Å². The number of esters is 1. The van der Waals surface area contributed by atoms with Crippen molar-refractivity contribution in [2.45, 2.75) is 111 Å². The lowest BCUT2D eigenvalue weighted by molar-refractivity contribution is -0.148. The van der Waals surface area contributed by atoms with Gasteiger partial charge in [0.1, 0.15) is 5.60 Å². The Kier molecular flexibility index (Phi) is 29.4. The first-order valence-corrected chi connectivity index (χ1v) is 14.9. The lowest BCUT2D eigenvalue weighted by Crippen LogP contribution is -2.34. The molecule has 40 heavy (non-hydrogen) atoms. The van der Waals surface area contributed by atoms with E-state index in [0.29, 0.717) is 25.5 Å². The van der Waals surface area contributed by atoms with Gasteiger partial charge in [-0.3, -0.25) is 13.6 Å². The Balaban J connectivity index is -0.000000500. The molecule has 0 bridgehead atoms. The lowest BCUT2D eigenvalue weighted by Gasteiger charge is -2.29. The van der Waals surface area contributed by atoms with Crippen molar-refractivity contribution in [1.29, 1.82) is 0 Å². The van der Waals surface area contributed by atoms with Gasteiger partial charge in [-0.15, -0.1) is 9.24 Å². The number of halogens is 2. The van der Waals surface area contributed by atoms with E-state index in [1.807, 2.05) is 13.8 Å². The van der Waals surface area contributed by atoms with Crippen LogP contribution in [0.2, 0.25) is 0 Å². The molecule has 1 aromatic rings. The predicted octanol–water partition coefficient (Wildman–Crippen LogP) is 7.46. The van der Waals surface area contributed by atoms with E-state index in [0.717, 1.165) is 52.4 Å². The Hall–Kier alpha value is -1.69. The smallest absolute Gasteiger partial charge is 0.335 e. The van der Waals surface area contributed by atoms with Crippen LogP contribution in [0.4, 0.5) is 8.78 Å². The second-order valence-corrected chi connectivity index (χ2v) is 9.91. The van der Waals surface area contributed by atoms with E-state index in [-0.39, 0.29) is 11.8 Å². The number of hydrogen-bond donors (Lipinski definition) is 1. The highest BCUT2D eigenvalue weighted by atomic mass is 31.0. The molecule has 0 aliphatic carbocycles. The Morgan fingerprint density at radius 1 is 0.925 bits per heavy atom. The third-order valence-corrected chi connectivity index (χ3v) is 6.65. The summed E-state index contributed by atoms with van der Waals surface area (Å²) >= 11 is 0. The van der Waals surface area contributed by atoms with E-state index in [1.165, 1.54) is 55.5 Å². The molecule has 0 saturated carbocycles. The molecular formula is C32H57F2O5P. The molecule has 1 atom stereocenters. The molecule has 234 valence electrons. The lowest BCUT2D eigenvalue weighted by atomic mass is 9.82. The van der Waals surface area contributed by atoms with Gasteiger partial charge in [0.05, 0.1) is 14.4 Å². The van der Waals surface area contributed by atoms with Gasteiger partial charge in [0, 0.05) is 31.5 Å². The first-order chi connectivity index (χ1) is 19.3. The van der Waals surface area contributed by atoms with Crippen molar-refractivity contribution in [2.24, 2.45) is 0 Å². The maximum atomic E-state index is 11.7. The van der Waals surface area contributed by atoms with Crippen LogP contribution < -0.4 is 5.30 Å². The quantitative estimate of drug-likeness (QED) is 0.251. The Bertz CT molecular complexity index is 806. The van der Waals surface area contributed by atoms with E-state index in [2.05, 4.69) is 41.3 Å². The van der Waals surface area contributed by atoms with Crippen molar-refractivity contribution in [3.8, 4) is 0 Å². The topological polar surface area (TPSA) is 72.8 Å². The molecule has 0 amide bonds. The molecule has 2 aliphatic rings. The van der Waals surface area contributed by atoms with Crippen molar-refractivity contribution in [1.82, 2.24) is 0 Å². The van der Waals surface area contributed by atoms with Gasteiger partial charge < -0.3 is 14.6 Å². The number of aliphatic hydroxyl groups excluding tert-OH is 1. The molecule has 0 spiro atoms. The van der Waals surface area contributed by atoms with Gasteiger partial charge in [-0.25, -0.2) is 4.79 Å². The van der Waals surface area contributed by atoms with E-state index in [1.54, 1.807) is 6.92 Å². The standard InChI is InChI=1S/C13H20O3.C11H17P.C5H10O.2CH3F.CH4O/c1-5-7-13(8-6-2)11(10(4)14)9(3)12(15)16-13;1-3-5-10-6-7-11(12)8-9(10)4-2;1-2-4-6-5-3-1;3*1-2/h5-8H2,1-4H3;6-8H,3-5,12H2,1-2H3;1-5H2;2*1H3;2H,1H3. The first-order valence-electron chi connectivity index (χ1n) is 14.4. The summed E-state index contributed by atoms with van der Waals surface area (Å²) in [5.41, 5.74) is 3.47. The number of ether oxygens (including phenoxy) is 2. The van der Waals surface area contributed by atoms with Crippen LogP contribution in [0, 0.1) is 0 Å². The Morgan fingerprint density at radius 2 is 1.45 bits per heavy atom. The highest BCUT2D eigenvalue weighted by Gasteiger charge is 2.46. The summed E-state index contributed by atoms with van der Waals surface area (Å²) in [6, 6.07) is 6.70. The third-order valence-electron chi connectivity index (χ3n) is 6.29. The minimum Gasteiger partial charge on any atom is -0.451 e. The average Bonchev–Trinajstić information content (AvgIpc) is 3.23. The number of rotatable bonds is 8. The number of cyclic esters (lactones) is 1. The van der Waals surface area contributed by atoms with E-state index in [9.17, 15) is 18.4 Å². The van der Waals surface area contributed by atoms with Gasteiger partial charge in [0.2, 0.25) is 0 Å². The minimum atomic E-state index is -0.642. The summed E-state index contributed by atoms with van der Waals surface area (Å²) in [7, 11) is 4.75. The van der Waals surface area contributed by atoms with E-state index >= 15 is 0 Å². The molecule has 2 aliphatic heterocycles. The highest BCUT2D eigenvalue weighted by molar-refractivity contribution is 7.27. The van der Waals surface area contributed by atoms with E-state index < -0.39 is 5.60 Å². The Labute approximate surface area is 245 Å². The van der Waals surface area contributed by atoms with Crippen LogP contribution in [0.15, 0.2) is 29.3 Å². The van der Waals surface area contributed by atoms with Gasteiger partial charge in [-0.05, 0) is 75.2 Å². The van der Waals surface area contributed by atoms with Crippen molar-refractivity contribution < 1.29 is 33.0 Å². The normalized spacial score (nSPS) is 14.7. The molecule has 0 aromatic heterocycles. The number of alkyl halides is 2. The second-order valence-electron chi connectivity index (χ2n) is 9.24.